The summed E-state index contributed by atoms with van der Waals surface area (Å²) in [6, 6.07) is 10.0. The van der Waals surface area contributed by atoms with Gasteiger partial charge in [0.25, 0.3) is 5.89 Å². The van der Waals surface area contributed by atoms with E-state index >= 15 is 0 Å². The molecule has 7 heteroatoms. The molecule has 0 N–H and O–H groups in total. The number of hydrogen-bond acceptors (Lipinski definition) is 6. The van der Waals surface area contributed by atoms with Crippen LogP contribution in [0.3, 0.4) is 0 Å². The quantitative estimate of drug-likeness (QED) is 0.651. The molecule has 0 amide bonds. The number of likely N-dealkylation sites (tertiary alicyclic amines) is 1. The highest BCUT2D eigenvalue weighted by atomic mass is 16.5. The Bertz CT molecular complexity index is 962. The van der Waals surface area contributed by atoms with Crippen molar-refractivity contribution in [3.63, 3.8) is 0 Å². The number of nitrogens with zero attached hydrogens (tertiary/aromatic N) is 4. The summed E-state index contributed by atoms with van der Waals surface area (Å²) < 4.78 is 18.9. The molecule has 1 aliphatic heterocycles. The van der Waals surface area contributed by atoms with E-state index in [9.17, 15) is 0 Å². The van der Waals surface area contributed by atoms with Gasteiger partial charge in [-0.15, -0.1) is 10.2 Å². The second kappa shape index (κ2) is 7.67. The van der Waals surface area contributed by atoms with Crippen molar-refractivity contribution in [2.45, 2.75) is 25.8 Å². The number of benzene rings is 1. The van der Waals surface area contributed by atoms with Gasteiger partial charge in [-0.1, -0.05) is 0 Å². The molecular weight excluding hydrogens is 356 g/mol. The van der Waals surface area contributed by atoms with Crippen molar-refractivity contribution in [1.29, 1.82) is 0 Å². The topological polar surface area (TPSA) is 65.6 Å². The largest absolute Gasteiger partial charge is 0.497 e. The zero-order valence-corrected chi connectivity index (χ0v) is 16.8. The van der Waals surface area contributed by atoms with Crippen molar-refractivity contribution < 1.29 is 13.9 Å². The van der Waals surface area contributed by atoms with E-state index in [0.717, 1.165) is 42.4 Å². The number of aryl methyl sites for hydroxylation is 1. The molecule has 1 aliphatic rings. The first-order chi connectivity index (χ1) is 13.6. The Kier molecular flexibility index (Phi) is 5.09. The van der Waals surface area contributed by atoms with Crippen LogP contribution in [0.4, 0.5) is 0 Å². The Morgan fingerprint density at radius 1 is 1.14 bits per heavy atom. The average Bonchev–Trinajstić information content (AvgIpc) is 3.44. The molecule has 148 valence electrons. The van der Waals surface area contributed by atoms with Crippen LogP contribution in [0.25, 0.3) is 11.6 Å². The van der Waals surface area contributed by atoms with E-state index < -0.39 is 0 Å². The molecule has 4 rings (SSSR count). The highest BCUT2D eigenvalue weighted by Gasteiger charge is 2.28. The van der Waals surface area contributed by atoms with Crippen molar-refractivity contribution in [2.24, 2.45) is 7.05 Å². The van der Waals surface area contributed by atoms with E-state index in [1.165, 1.54) is 5.56 Å². The van der Waals surface area contributed by atoms with Gasteiger partial charge < -0.3 is 18.5 Å². The minimum absolute atomic E-state index is 0.392. The van der Waals surface area contributed by atoms with Crippen molar-refractivity contribution in [3.8, 4) is 23.1 Å². The molecule has 1 aromatic carbocycles. The van der Waals surface area contributed by atoms with Crippen LogP contribution < -0.4 is 9.47 Å². The predicted molar refractivity (Wildman–Crippen MR) is 106 cm³/mol. The Labute approximate surface area is 164 Å². The Balaban J connectivity index is 1.45. The molecule has 0 aliphatic carbocycles. The number of methoxy groups -OCH3 is 2. The lowest BCUT2D eigenvalue weighted by molar-refractivity contribution is 0.288. The molecular formula is C21H26N4O3. The summed E-state index contributed by atoms with van der Waals surface area (Å²) in [6.45, 7) is 4.60. The maximum absolute atomic E-state index is 5.92. The molecule has 2 aromatic heterocycles. The lowest BCUT2D eigenvalue weighted by Gasteiger charge is -2.17. The third-order valence-corrected chi connectivity index (χ3v) is 5.57. The first kappa shape index (κ1) is 18.6. The summed E-state index contributed by atoms with van der Waals surface area (Å²) >= 11 is 0. The standard InChI is InChI=1S/C21H26N4O3/c1-14-5-7-18(24(14)2)21-23-22-20(28-21)13-25-10-9-15(12-25)17-11-16(26-3)6-8-19(17)27-4/h5-8,11,15H,9-10,12-13H2,1-4H3/t15-/m0/s1. The van der Waals surface area contributed by atoms with Gasteiger partial charge in [0.15, 0.2) is 0 Å². The van der Waals surface area contributed by atoms with Gasteiger partial charge in [-0.05, 0) is 50.2 Å². The molecule has 0 saturated carbocycles. The van der Waals surface area contributed by atoms with Gasteiger partial charge in [0.2, 0.25) is 5.89 Å². The van der Waals surface area contributed by atoms with Gasteiger partial charge in [0.1, 0.15) is 17.2 Å². The third kappa shape index (κ3) is 3.49. The number of ether oxygens (including phenoxy) is 2. The molecule has 1 atom stereocenters. The maximum atomic E-state index is 5.92. The first-order valence-electron chi connectivity index (χ1n) is 9.48. The van der Waals surface area contributed by atoms with Crippen molar-refractivity contribution in [3.05, 3.63) is 47.5 Å². The summed E-state index contributed by atoms with van der Waals surface area (Å²) in [7, 11) is 5.40. The lowest BCUT2D eigenvalue weighted by atomic mass is 9.97. The Morgan fingerprint density at radius 2 is 2.00 bits per heavy atom. The van der Waals surface area contributed by atoms with Crippen LogP contribution in [-0.4, -0.2) is 47.0 Å². The van der Waals surface area contributed by atoms with Crippen molar-refractivity contribution >= 4 is 0 Å². The molecule has 3 heterocycles. The zero-order chi connectivity index (χ0) is 19.7. The van der Waals surface area contributed by atoms with E-state index in [1.807, 2.05) is 31.3 Å². The third-order valence-electron chi connectivity index (χ3n) is 5.57. The van der Waals surface area contributed by atoms with Crippen molar-refractivity contribution in [2.75, 3.05) is 27.3 Å². The first-order valence-corrected chi connectivity index (χ1v) is 9.48. The second-order valence-electron chi connectivity index (χ2n) is 7.25. The van der Waals surface area contributed by atoms with Crippen LogP contribution in [0.1, 0.15) is 29.5 Å². The van der Waals surface area contributed by atoms with Gasteiger partial charge in [-0.2, -0.15) is 0 Å². The fraction of sp³-hybridized carbons (Fsp3) is 0.429. The van der Waals surface area contributed by atoms with Gasteiger partial charge in [0.05, 0.1) is 20.8 Å². The van der Waals surface area contributed by atoms with E-state index in [2.05, 4.69) is 32.7 Å². The number of hydrogen-bond donors (Lipinski definition) is 0. The fourth-order valence-electron chi connectivity index (χ4n) is 3.83. The second-order valence-corrected chi connectivity index (χ2v) is 7.25. The maximum Gasteiger partial charge on any atom is 0.264 e. The van der Waals surface area contributed by atoms with E-state index in [-0.39, 0.29) is 0 Å². The number of rotatable bonds is 6. The summed E-state index contributed by atoms with van der Waals surface area (Å²) in [5.74, 6) is 3.37. The van der Waals surface area contributed by atoms with E-state index in [1.54, 1.807) is 14.2 Å². The Morgan fingerprint density at radius 3 is 2.71 bits per heavy atom. The van der Waals surface area contributed by atoms with Crippen LogP contribution in [0, 0.1) is 6.92 Å². The summed E-state index contributed by atoms with van der Waals surface area (Å²) in [5, 5.41) is 8.48. The molecule has 1 saturated heterocycles. The van der Waals surface area contributed by atoms with Crippen LogP contribution in [-0.2, 0) is 13.6 Å². The molecule has 0 spiro atoms. The van der Waals surface area contributed by atoms with Gasteiger partial charge in [-0.3, -0.25) is 4.90 Å². The minimum Gasteiger partial charge on any atom is -0.497 e. The van der Waals surface area contributed by atoms with Gasteiger partial charge in [-0.25, -0.2) is 0 Å². The van der Waals surface area contributed by atoms with Crippen LogP contribution >= 0.6 is 0 Å². The van der Waals surface area contributed by atoms with Crippen LogP contribution in [0.5, 0.6) is 11.5 Å². The molecule has 0 bridgehead atoms. The van der Waals surface area contributed by atoms with Gasteiger partial charge in [0, 0.05) is 30.8 Å². The average molecular weight is 382 g/mol. The molecule has 28 heavy (non-hydrogen) atoms. The molecule has 3 aromatic rings. The number of aromatic nitrogens is 3. The Hall–Kier alpha value is -2.80. The summed E-state index contributed by atoms with van der Waals surface area (Å²) in [5.41, 5.74) is 3.29. The minimum atomic E-state index is 0.392. The zero-order valence-electron chi connectivity index (χ0n) is 16.8. The van der Waals surface area contributed by atoms with Crippen LogP contribution in [0.15, 0.2) is 34.7 Å². The normalized spacial score (nSPS) is 17.2. The molecule has 1 fully saturated rings. The SMILES string of the molecule is COc1ccc(OC)c([C@H]2CCN(Cc3nnc(-c4ccc(C)n4C)o3)C2)c1. The highest BCUT2D eigenvalue weighted by Crippen LogP contribution is 2.36. The van der Waals surface area contributed by atoms with E-state index in [0.29, 0.717) is 24.2 Å². The smallest absolute Gasteiger partial charge is 0.264 e. The van der Waals surface area contributed by atoms with Gasteiger partial charge >= 0.3 is 0 Å². The highest BCUT2D eigenvalue weighted by molar-refractivity contribution is 5.49. The molecule has 7 nitrogen and oxygen atoms in total. The summed E-state index contributed by atoms with van der Waals surface area (Å²) in [6.07, 6.45) is 1.06. The van der Waals surface area contributed by atoms with E-state index in [4.69, 9.17) is 13.9 Å². The van der Waals surface area contributed by atoms with Crippen molar-refractivity contribution in [1.82, 2.24) is 19.7 Å². The fourth-order valence-corrected chi connectivity index (χ4v) is 3.83. The predicted octanol–water partition coefficient (Wildman–Crippen LogP) is 3.39. The lowest BCUT2D eigenvalue weighted by Crippen LogP contribution is -2.20. The monoisotopic (exact) mass is 382 g/mol. The molecule has 0 radical (unpaired) electrons. The van der Waals surface area contributed by atoms with Crippen LogP contribution in [0.2, 0.25) is 0 Å². The summed E-state index contributed by atoms with van der Waals surface area (Å²) in [4.78, 5) is 2.34. The molecule has 0 unspecified atom stereocenters.